The Morgan fingerprint density at radius 3 is 2.72 bits per heavy atom. The molecule has 0 bridgehead atoms. The molecule has 1 heterocycles. The van der Waals surface area contributed by atoms with Gasteiger partial charge in [-0.15, -0.1) is 0 Å². The van der Waals surface area contributed by atoms with Gasteiger partial charge in [-0.1, -0.05) is 0 Å². The minimum atomic E-state index is -0.376. The summed E-state index contributed by atoms with van der Waals surface area (Å²) in [6.07, 6.45) is 5.38. The molecular formula is C12H18N4O2. The molecule has 0 aromatic carbocycles. The zero-order valence-corrected chi connectivity index (χ0v) is 10.4. The molecule has 0 atom stereocenters. The zero-order valence-electron chi connectivity index (χ0n) is 10.4. The van der Waals surface area contributed by atoms with Gasteiger partial charge in [0, 0.05) is 23.8 Å². The molecule has 1 saturated carbocycles. The summed E-state index contributed by atoms with van der Waals surface area (Å²) in [6.45, 7) is 1.72. The summed E-state index contributed by atoms with van der Waals surface area (Å²) in [4.78, 5) is 14.8. The summed E-state index contributed by atoms with van der Waals surface area (Å²) in [5.41, 5.74) is 6.55. The maximum atomic E-state index is 11.0. The molecule has 6 heteroatoms. The Morgan fingerprint density at radius 1 is 1.44 bits per heavy atom. The third-order valence-electron chi connectivity index (χ3n) is 3.42. The lowest BCUT2D eigenvalue weighted by Gasteiger charge is -2.27. The van der Waals surface area contributed by atoms with Gasteiger partial charge in [-0.05, 0) is 38.7 Å². The number of hydrogen-bond acceptors (Lipinski definition) is 5. The SMILES string of the molecule is Cc1ccnc(NC2CCC(N)CC2)c1[N+](=O)[O-]. The van der Waals surface area contributed by atoms with E-state index in [4.69, 9.17) is 5.73 Å². The van der Waals surface area contributed by atoms with Crippen LogP contribution in [-0.4, -0.2) is 22.0 Å². The number of aromatic nitrogens is 1. The first-order valence-electron chi connectivity index (χ1n) is 6.20. The van der Waals surface area contributed by atoms with Gasteiger partial charge in [0.25, 0.3) is 0 Å². The first kappa shape index (κ1) is 12.8. The lowest BCUT2D eigenvalue weighted by atomic mass is 9.92. The molecule has 0 spiro atoms. The van der Waals surface area contributed by atoms with Crippen LogP contribution in [0.3, 0.4) is 0 Å². The first-order valence-corrected chi connectivity index (χ1v) is 6.20. The summed E-state index contributed by atoms with van der Waals surface area (Å²) in [5.74, 6) is 0.375. The van der Waals surface area contributed by atoms with Crippen LogP contribution in [0.2, 0.25) is 0 Å². The Balaban J connectivity index is 2.14. The second-order valence-corrected chi connectivity index (χ2v) is 4.84. The van der Waals surface area contributed by atoms with Gasteiger partial charge >= 0.3 is 5.69 Å². The van der Waals surface area contributed by atoms with Gasteiger partial charge in [0.2, 0.25) is 5.82 Å². The van der Waals surface area contributed by atoms with Crippen LogP contribution >= 0.6 is 0 Å². The Bertz CT molecular complexity index is 442. The maximum Gasteiger partial charge on any atom is 0.314 e. The number of pyridine rings is 1. The number of nitrogens with two attached hydrogens (primary N) is 1. The molecule has 1 aliphatic rings. The Labute approximate surface area is 106 Å². The van der Waals surface area contributed by atoms with Gasteiger partial charge in [0.1, 0.15) is 0 Å². The van der Waals surface area contributed by atoms with Crippen LogP contribution in [0.5, 0.6) is 0 Å². The van der Waals surface area contributed by atoms with Crippen molar-refractivity contribution in [3.63, 3.8) is 0 Å². The fraction of sp³-hybridized carbons (Fsp3) is 0.583. The smallest absolute Gasteiger partial charge is 0.314 e. The molecule has 0 unspecified atom stereocenters. The van der Waals surface area contributed by atoms with Crippen molar-refractivity contribution in [2.75, 3.05) is 5.32 Å². The van der Waals surface area contributed by atoms with Crippen molar-refractivity contribution >= 4 is 11.5 Å². The van der Waals surface area contributed by atoms with Gasteiger partial charge in [-0.25, -0.2) is 4.98 Å². The largest absolute Gasteiger partial charge is 0.362 e. The fourth-order valence-electron chi connectivity index (χ4n) is 2.34. The normalized spacial score (nSPS) is 23.7. The van der Waals surface area contributed by atoms with Crippen molar-refractivity contribution in [3.8, 4) is 0 Å². The number of aryl methyl sites for hydroxylation is 1. The van der Waals surface area contributed by atoms with E-state index in [9.17, 15) is 10.1 Å². The van der Waals surface area contributed by atoms with Crippen molar-refractivity contribution in [1.29, 1.82) is 0 Å². The van der Waals surface area contributed by atoms with Gasteiger partial charge in [-0.2, -0.15) is 0 Å². The van der Waals surface area contributed by atoms with Crippen LogP contribution in [0.1, 0.15) is 31.2 Å². The van der Waals surface area contributed by atoms with Gasteiger partial charge < -0.3 is 11.1 Å². The predicted molar refractivity (Wildman–Crippen MR) is 69.5 cm³/mol. The number of anilines is 1. The van der Waals surface area contributed by atoms with Crippen molar-refractivity contribution < 1.29 is 4.92 Å². The highest BCUT2D eigenvalue weighted by Gasteiger charge is 2.23. The van der Waals surface area contributed by atoms with Crippen LogP contribution < -0.4 is 11.1 Å². The van der Waals surface area contributed by atoms with E-state index < -0.39 is 0 Å². The summed E-state index contributed by atoms with van der Waals surface area (Å²) < 4.78 is 0. The van der Waals surface area contributed by atoms with E-state index in [0.717, 1.165) is 25.7 Å². The average molecular weight is 250 g/mol. The molecule has 0 aliphatic heterocycles. The molecule has 6 nitrogen and oxygen atoms in total. The highest BCUT2D eigenvalue weighted by molar-refractivity contribution is 5.60. The van der Waals surface area contributed by atoms with Crippen molar-refractivity contribution in [2.24, 2.45) is 5.73 Å². The fourth-order valence-corrected chi connectivity index (χ4v) is 2.34. The van der Waals surface area contributed by atoms with Crippen molar-refractivity contribution in [3.05, 3.63) is 27.9 Å². The molecule has 0 saturated heterocycles. The second-order valence-electron chi connectivity index (χ2n) is 4.84. The average Bonchev–Trinajstić information content (AvgIpc) is 2.32. The van der Waals surface area contributed by atoms with Gasteiger partial charge in [0.05, 0.1) is 4.92 Å². The molecule has 0 radical (unpaired) electrons. The van der Waals surface area contributed by atoms with Crippen LogP contribution in [0.25, 0.3) is 0 Å². The van der Waals surface area contributed by atoms with Crippen molar-refractivity contribution in [1.82, 2.24) is 4.98 Å². The highest BCUT2D eigenvalue weighted by atomic mass is 16.6. The second kappa shape index (κ2) is 5.30. The summed E-state index contributed by atoms with van der Waals surface area (Å²) in [5, 5.41) is 14.2. The molecule has 2 rings (SSSR count). The third kappa shape index (κ3) is 2.76. The van der Waals surface area contributed by atoms with E-state index in [1.165, 1.54) is 0 Å². The summed E-state index contributed by atoms with van der Waals surface area (Å²) in [6, 6.07) is 2.15. The highest BCUT2D eigenvalue weighted by Crippen LogP contribution is 2.28. The van der Waals surface area contributed by atoms with E-state index in [2.05, 4.69) is 10.3 Å². The number of hydrogen-bond donors (Lipinski definition) is 2. The molecule has 18 heavy (non-hydrogen) atoms. The Hall–Kier alpha value is -1.69. The monoisotopic (exact) mass is 250 g/mol. The van der Waals surface area contributed by atoms with Crippen LogP contribution in [0, 0.1) is 17.0 Å². The molecule has 1 aromatic heterocycles. The summed E-state index contributed by atoms with van der Waals surface area (Å²) in [7, 11) is 0. The lowest BCUT2D eigenvalue weighted by molar-refractivity contribution is -0.384. The van der Waals surface area contributed by atoms with Crippen LogP contribution in [-0.2, 0) is 0 Å². The summed E-state index contributed by atoms with van der Waals surface area (Å²) >= 11 is 0. The van der Waals surface area contributed by atoms with E-state index in [1.54, 1.807) is 19.2 Å². The Morgan fingerprint density at radius 2 is 2.11 bits per heavy atom. The lowest BCUT2D eigenvalue weighted by Crippen LogP contribution is -2.33. The van der Waals surface area contributed by atoms with E-state index in [0.29, 0.717) is 11.4 Å². The molecular weight excluding hydrogens is 232 g/mol. The molecule has 98 valence electrons. The third-order valence-corrected chi connectivity index (χ3v) is 3.42. The number of nitrogens with zero attached hydrogens (tertiary/aromatic N) is 2. The molecule has 1 aliphatic carbocycles. The van der Waals surface area contributed by atoms with Crippen molar-refractivity contribution in [2.45, 2.75) is 44.7 Å². The van der Waals surface area contributed by atoms with Crippen LogP contribution in [0.4, 0.5) is 11.5 Å². The minimum Gasteiger partial charge on any atom is -0.362 e. The maximum absolute atomic E-state index is 11.0. The molecule has 1 aromatic rings. The minimum absolute atomic E-state index is 0.0763. The van der Waals surface area contributed by atoms with Crippen LogP contribution in [0.15, 0.2) is 12.3 Å². The number of rotatable bonds is 3. The van der Waals surface area contributed by atoms with Gasteiger partial charge in [0.15, 0.2) is 0 Å². The molecule has 0 amide bonds. The van der Waals surface area contributed by atoms with Gasteiger partial charge in [-0.3, -0.25) is 10.1 Å². The number of nitrogens with one attached hydrogen (secondary N) is 1. The predicted octanol–water partition coefficient (Wildman–Crippen LogP) is 1.98. The zero-order chi connectivity index (χ0) is 13.1. The van der Waals surface area contributed by atoms with E-state index >= 15 is 0 Å². The topological polar surface area (TPSA) is 94.1 Å². The Kier molecular flexibility index (Phi) is 3.76. The standard InChI is InChI=1S/C12H18N4O2/c1-8-6-7-14-12(11(8)16(17)18)15-10-4-2-9(13)3-5-10/h6-7,9-10H,2-5,13H2,1H3,(H,14,15). The molecule has 1 fully saturated rings. The number of nitro groups is 1. The van der Waals surface area contributed by atoms with E-state index in [-0.39, 0.29) is 22.7 Å². The molecule has 3 N–H and O–H groups in total. The first-order chi connectivity index (χ1) is 8.58. The van der Waals surface area contributed by atoms with E-state index in [1.807, 2.05) is 0 Å². The quantitative estimate of drug-likeness (QED) is 0.632.